The van der Waals surface area contributed by atoms with Crippen LogP contribution < -0.4 is 5.56 Å². The van der Waals surface area contributed by atoms with Crippen LogP contribution in [-0.2, 0) is 9.84 Å². The van der Waals surface area contributed by atoms with Crippen molar-refractivity contribution in [3.63, 3.8) is 0 Å². The highest BCUT2D eigenvalue weighted by Gasteiger charge is 2.36. The number of nitrogens with zero attached hydrogens (tertiary/aromatic N) is 3. The Kier molecular flexibility index (Phi) is 5.73. The van der Waals surface area contributed by atoms with Gasteiger partial charge in [-0.3, -0.25) is 19.3 Å². The maximum atomic E-state index is 12.8. The van der Waals surface area contributed by atoms with Crippen molar-refractivity contribution < 1.29 is 18.0 Å². The molecule has 2 amide bonds. The largest absolute Gasteiger partial charge is 0.338 e. The lowest BCUT2D eigenvalue weighted by Crippen LogP contribution is -2.30. The van der Waals surface area contributed by atoms with Gasteiger partial charge < -0.3 is 14.9 Å². The molecule has 170 valence electrons. The summed E-state index contributed by atoms with van der Waals surface area (Å²) in [5.74, 6) is 1.89. The quantitative estimate of drug-likeness (QED) is 0.312. The molecule has 0 atom stereocenters. The molecule has 0 spiro atoms. The summed E-state index contributed by atoms with van der Waals surface area (Å²) in [6.07, 6.45) is 2.56. The van der Waals surface area contributed by atoms with Crippen LogP contribution in [0.3, 0.4) is 0 Å². The predicted molar refractivity (Wildman–Crippen MR) is 123 cm³/mol. The fourth-order valence-corrected chi connectivity index (χ4v) is 4.18. The number of sulfone groups is 1. The van der Waals surface area contributed by atoms with Gasteiger partial charge in [-0.05, 0) is 18.2 Å². The van der Waals surface area contributed by atoms with Crippen LogP contribution in [-0.4, -0.2) is 77.1 Å². The van der Waals surface area contributed by atoms with E-state index >= 15 is 0 Å². The first kappa shape index (κ1) is 22.6. The highest BCUT2D eigenvalue weighted by Crippen LogP contribution is 2.29. The maximum absolute atomic E-state index is 12.8. The Morgan fingerprint density at radius 1 is 1.18 bits per heavy atom. The normalized spacial score (nSPS) is 13.2. The minimum Gasteiger partial charge on any atom is -0.338 e. The number of aromatic amines is 2. The van der Waals surface area contributed by atoms with Gasteiger partial charge in [0.1, 0.15) is 21.2 Å². The number of benzene rings is 1. The van der Waals surface area contributed by atoms with Gasteiger partial charge in [0.2, 0.25) is 0 Å². The average Bonchev–Trinajstić information content (AvgIpc) is 3.24. The Hall–Kier alpha value is -3.62. The fourth-order valence-electron chi connectivity index (χ4n) is 3.34. The third-order valence-corrected chi connectivity index (χ3v) is 6.26. The number of carbonyl (C=O) groups excluding carboxylic acids is 2. The molecule has 33 heavy (non-hydrogen) atoms. The summed E-state index contributed by atoms with van der Waals surface area (Å²) in [5.41, 5.74) is 0.988. The number of hydrogen-bond acceptors (Lipinski definition) is 7. The number of rotatable bonds is 5. The first-order valence-electron chi connectivity index (χ1n) is 9.70. The molecule has 1 aliphatic heterocycles. The number of hydrogen-bond donors (Lipinski definition) is 2. The Labute approximate surface area is 193 Å². The van der Waals surface area contributed by atoms with Crippen molar-refractivity contribution in [2.75, 3.05) is 32.1 Å². The van der Waals surface area contributed by atoms with Gasteiger partial charge in [0.15, 0.2) is 0 Å². The number of aromatic nitrogens is 3. The third-order valence-electron chi connectivity index (χ3n) is 5.02. The highest BCUT2D eigenvalue weighted by molar-refractivity contribution is 7.90. The Morgan fingerprint density at radius 2 is 1.88 bits per heavy atom. The summed E-state index contributed by atoms with van der Waals surface area (Å²) < 4.78 is 22.5. The second kappa shape index (κ2) is 8.38. The summed E-state index contributed by atoms with van der Waals surface area (Å²) >= 11 is 6.13. The zero-order chi connectivity index (χ0) is 23.9. The number of imide groups is 1. The maximum Gasteiger partial charge on any atom is 0.262 e. The van der Waals surface area contributed by atoms with E-state index in [2.05, 4.69) is 26.9 Å². The van der Waals surface area contributed by atoms with Crippen LogP contribution in [0.4, 0.5) is 0 Å². The minimum absolute atomic E-state index is 0.0493. The van der Waals surface area contributed by atoms with Gasteiger partial charge in [0, 0.05) is 32.1 Å². The summed E-state index contributed by atoms with van der Waals surface area (Å²) in [5, 5.41) is 0.212. The van der Waals surface area contributed by atoms with E-state index in [1.807, 2.05) is 0 Å². The first-order valence-corrected chi connectivity index (χ1v) is 12.1. The molecular weight excluding hydrogens is 470 g/mol. The van der Waals surface area contributed by atoms with Crippen molar-refractivity contribution in [1.29, 1.82) is 0 Å². The van der Waals surface area contributed by atoms with Crippen LogP contribution in [0.2, 0.25) is 5.02 Å². The molecule has 2 N–H and O–H groups in total. The molecule has 1 aromatic carbocycles. The van der Waals surface area contributed by atoms with Crippen molar-refractivity contribution in [3.05, 3.63) is 50.9 Å². The van der Waals surface area contributed by atoms with Gasteiger partial charge in [-0.1, -0.05) is 17.5 Å². The van der Waals surface area contributed by atoms with Crippen LogP contribution in [0.5, 0.6) is 0 Å². The molecule has 0 aliphatic carbocycles. The predicted octanol–water partition coefficient (Wildman–Crippen LogP) is 1.10. The molecule has 12 heteroatoms. The number of imidazole rings is 1. The van der Waals surface area contributed by atoms with Crippen molar-refractivity contribution in [2.45, 2.75) is 0 Å². The molecular formula is C21H18ClN5O5S. The topological polar surface area (TPSA) is 136 Å². The number of H-pyrrole nitrogens is 2. The van der Waals surface area contributed by atoms with Crippen molar-refractivity contribution in [3.8, 4) is 23.4 Å². The highest BCUT2D eigenvalue weighted by atomic mass is 35.5. The van der Waals surface area contributed by atoms with Crippen LogP contribution in [0.1, 0.15) is 20.7 Å². The smallest absolute Gasteiger partial charge is 0.262 e. The number of pyridine rings is 1. The number of carbonyl (C=O) groups is 2. The Balaban J connectivity index is 1.57. The zero-order valence-electron chi connectivity index (χ0n) is 17.6. The van der Waals surface area contributed by atoms with Crippen LogP contribution in [0, 0.1) is 12.0 Å². The number of fused-ring (bicyclic) bond motifs is 2. The number of nitrogens with one attached hydrogen (secondary N) is 2. The van der Waals surface area contributed by atoms with Crippen LogP contribution in [0.25, 0.3) is 22.4 Å². The van der Waals surface area contributed by atoms with Crippen LogP contribution in [0.15, 0.2) is 29.2 Å². The van der Waals surface area contributed by atoms with E-state index in [1.54, 1.807) is 7.05 Å². The van der Waals surface area contributed by atoms with Crippen LogP contribution >= 0.6 is 11.6 Å². The van der Waals surface area contributed by atoms with Gasteiger partial charge in [0.05, 0.1) is 39.5 Å². The molecule has 0 radical (unpaired) electrons. The Bertz CT molecular complexity index is 1480. The molecule has 2 aromatic heterocycles. The number of halogens is 1. The fraction of sp³-hybridized carbons (Fsp3) is 0.238. The van der Waals surface area contributed by atoms with E-state index in [4.69, 9.17) is 11.6 Å². The van der Waals surface area contributed by atoms with Gasteiger partial charge in [-0.25, -0.2) is 13.4 Å². The molecule has 0 saturated carbocycles. The van der Waals surface area contributed by atoms with Gasteiger partial charge in [0.25, 0.3) is 17.4 Å². The molecule has 4 rings (SSSR count). The molecule has 1 aliphatic rings. The molecule has 10 nitrogen and oxygen atoms in total. The standard InChI is InChI=1S/C21H18ClN5O5S/c1-26(8-9-33(2,31)32)6-3-7-27-20(29)12-10-15-16(11-13(12)21(27)30)25-18(24-15)17-14(22)4-5-23-19(17)28/h4-5,10-11H,7-9H2,1-2H3,(H,23,28)(H,24,25). The van der Waals surface area contributed by atoms with Gasteiger partial charge >= 0.3 is 0 Å². The molecule has 3 heterocycles. The minimum atomic E-state index is -3.12. The van der Waals surface area contributed by atoms with Crippen molar-refractivity contribution in [1.82, 2.24) is 24.8 Å². The van der Waals surface area contributed by atoms with Gasteiger partial charge in [-0.2, -0.15) is 0 Å². The summed E-state index contributed by atoms with van der Waals surface area (Å²) in [4.78, 5) is 50.1. The van der Waals surface area contributed by atoms with E-state index in [9.17, 15) is 22.8 Å². The van der Waals surface area contributed by atoms with E-state index in [0.717, 1.165) is 11.2 Å². The summed E-state index contributed by atoms with van der Waals surface area (Å²) in [7, 11) is -1.50. The van der Waals surface area contributed by atoms with E-state index in [-0.39, 0.29) is 46.4 Å². The molecule has 0 unspecified atom stereocenters. The first-order chi connectivity index (χ1) is 15.5. The lowest BCUT2D eigenvalue weighted by Gasteiger charge is -2.11. The second-order valence-corrected chi connectivity index (χ2v) is 10.2. The van der Waals surface area contributed by atoms with Crippen molar-refractivity contribution >= 4 is 44.3 Å². The Morgan fingerprint density at radius 3 is 2.55 bits per heavy atom. The lowest BCUT2D eigenvalue weighted by molar-refractivity contribution is 0.0674. The summed E-state index contributed by atoms with van der Waals surface area (Å²) in [6.45, 7) is 0.0676. The molecule has 0 fully saturated rings. The van der Waals surface area contributed by atoms with Crippen molar-refractivity contribution in [2.24, 2.45) is 0 Å². The second-order valence-electron chi connectivity index (χ2n) is 7.57. The third kappa shape index (κ3) is 4.48. The number of amides is 2. The average molecular weight is 488 g/mol. The molecule has 0 bridgehead atoms. The van der Waals surface area contributed by atoms with Gasteiger partial charge in [-0.15, -0.1) is 0 Å². The molecule has 0 saturated heterocycles. The van der Waals surface area contributed by atoms with E-state index in [1.165, 1.54) is 29.3 Å². The van der Waals surface area contributed by atoms with E-state index < -0.39 is 27.2 Å². The summed E-state index contributed by atoms with van der Waals surface area (Å²) in [6, 6.07) is 7.25. The zero-order valence-corrected chi connectivity index (χ0v) is 19.2. The molecule has 3 aromatic rings. The SMILES string of the molecule is CN(C#CCN1C(=O)c2cc3nc(-c4c(Cl)cc[nH]c4=O)[nH]c3cc2C1=O)CCS(C)(=O)=O. The monoisotopic (exact) mass is 487 g/mol. The van der Waals surface area contributed by atoms with E-state index in [0.29, 0.717) is 11.0 Å². The lowest BCUT2D eigenvalue weighted by atomic mass is 10.1.